The Bertz CT molecular complexity index is 957. The van der Waals surface area contributed by atoms with Gasteiger partial charge in [-0.05, 0) is 17.9 Å². The van der Waals surface area contributed by atoms with Gasteiger partial charge in [-0.1, -0.05) is 42.5 Å². The molecule has 1 fully saturated rings. The first kappa shape index (κ1) is 15.6. The largest absolute Gasteiger partial charge is 0.459 e. The van der Waals surface area contributed by atoms with E-state index in [9.17, 15) is 9.59 Å². The number of hydrogen-bond donors (Lipinski definition) is 1. The molecule has 0 aliphatic carbocycles. The number of benzene rings is 2. The number of nitrogens with one attached hydrogen (secondary N) is 1. The van der Waals surface area contributed by atoms with Crippen LogP contribution in [0.1, 0.15) is 18.5 Å². The third-order valence-electron chi connectivity index (χ3n) is 4.64. The maximum Gasteiger partial charge on any atom is 0.311 e. The van der Waals surface area contributed by atoms with E-state index in [1.807, 2.05) is 42.5 Å². The summed E-state index contributed by atoms with van der Waals surface area (Å²) >= 11 is 0. The highest BCUT2D eigenvalue weighted by Crippen LogP contribution is 2.27. The van der Waals surface area contributed by atoms with Gasteiger partial charge in [-0.2, -0.15) is 0 Å². The lowest BCUT2D eigenvalue weighted by atomic mass is 9.99. The molecule has 25 heavy (non-hydrogen) atoms. The Morgan fingerprint density at radius 3 is 2.56 bits per heavy atom. The topological polar surface area (TPSA) is 68.3 Å². The van der Waals surface area contributed by atoms with Gasteiger partial charge in [0.15, 0.2) is 0 Å². The number of esters is 1. The molecule has 0 spiro atoms. The van der Waals surface area contributed by atoms with Crippen molar-refractivity contribution in [3.05, 3.63) is 54.2 Å². The van der Waals surface area contributed by atoms with Crippen molar-refractivity contribution in [2.45, 2.75) is 19.4 Å². The van der Waals surface area contributed by atoms with Crippen LogP contribution in [0.4, 0.5) is 0 Å². The molecular formula is C20H18N2O3. The van der Waals surface area contributed by atoms with Crippen molar-refractivity contribution in [2.75, 3.05) is 6.54 Å². The minimum Gasteiger partial charge on any atom is -0.459 e. The van der Waals surface area contributed by atoms with Gasteiger partial charge in [-0.25, -0.2) is 4.98 Å². The smallest absolute Gasteiger partial charge is 0.311 e. The van der Waals surface area contributed by atoms with E-state index >= 15 is 0 Å². The van der Waals surface area contributed by atoms with Crippen molar-refractivity contribution in [1.29, 1.82) is 0 Å². The number of pyridine rings is 1. The molecule has 0 bridgehead atoms. The molecule has 1 aromatic heterocycles. The summed E-state index contributed by atoms with van der Waals surface area (Å²) < 4.78 is 5.51. The van der Waals surface area contributed by atoms with Gasteiger partial charge in [0.2, 0.25) is 5.91 Å². The summed E-state index contributed by atoms with van der Waals surface area (Å²) in [5.74, 6) is -0.560. The van der Waals surface area contributed by atoms with Crippen LogP contribution in [0.15, 0.2) is 48.5 Å². The lowest BCUT2D eigenvalue weighted by Gasteiger charge is -2.21. The summed E-state index contributed by atoms with van der Waals surface area (Å²) in [4.78, 5) is 28.2. The summed E-state index contributed by atoms with van der Waals surface area (Å²) in [7, 11) is 0. The van der Waals surface area contributed by atoms with E-state index in [1.165, 1.54) is 0 Å². The molecule has 0 radical (unpaired) electrons. The molecule has 1 amide bonds. The maximum atomic E-state index is 12.3. The van der Waals surface area contributed by atoms with Gasteiger partial charge in [-0.3, -0.25) is 9.59 Å². The standard InChI is InChI=1S/C20H18N2O3/c23-19-10-9-13(11-21-19)20(24)25-12-18-16-7-2-1-5-14(16)15-6-3-4-8-17(15)22-18/h1-8,13H,9-12H2,(H,21,23)/t13-/m1/s1. The fraction of sp³-hybridized carbons (Fsp3) is 0.250. The number of carbonyl (C=O) groups is 2. The van der Waals surface area contributed by atoms with Crippen LogP contribution in [-0.4, -0.2) is 23.4 Å². The van der Waals surface area contributed by atoms with Gasteiger partial charge < -0.3 is 10.1 Å². The number of rotatable bonds is 3. The number of fused-ring (bicyclic) bond motifs is 3. The Balaban J connectivity index is 1.60. The highest BCUT2D eigenvalue weighted by atomic mass is 16.5. The highest BCUT2D eigenvalue weighted by Gasteiger charge is 2.26. The van der Waals surface area contributed by atoms with E-state index in [2.05, 4.69) is 16.4 Å². The molecule has 3 aromatic rings. The maximum absolute atomic E-state index is 12.3. The Morgan fingerprint density at radius 1 is 1.08 bits per heavy atom. The quantitative estimate of drug-likeness (QED) is 0.591. The number of para-hydroxylation sites is 1. The summed E-state index contributed by atoms with van der Waals surface area (Å²) in [5.41, 5.74) is 1.64. The molecular weight excluding hydrogens is 316 g/mol. The van der Waals surface area contributed by atoms with Crippen LogP contribution < -0.4 is 5.32 Å². The Hall–Kier alpha value is -2.95. The zero-order valence-electron chi connectivity index (χ0n) is 13.7. The second-order valence-electron chi connectivity index (χ2n) is 6.27. The fourth-order valence-electron chi connectivity index (χ4n) is 3.28. The molecule has 5 heteroatoms. The number of piperidine rings is 1. The van der Waals surface area contributed by atoms with E-state index in [0.717, 1.165) is 27.4 Å². The third-order valence-corrected chi connectivity index (χ3v) is 4.64. The van der Waals surface area contributed by atoms with Crippen molar-refractivity contribution in [3.63, 3.8) is 0 Å². The SMILES string of the molecule is O=C1CC[C@@H](C(=O)OCc2nc3ccccc3c3ccccc23)CN1. The number of nitrogens with zero attached hydrogens (tertiary/aromatic N) is 1. The summed E-state index contributed by atoms with van der Waals surface area (Å²) in [6.45, 7) is 0.484. The van der Waals surface area contributed by atoms with Crippen LogP contribution in [0.2, 0.25) is 0 Å². The van der Waals surface area contributed by atoms with Crippen LogP contribution in [0, 0.1) is 5.92 Å². The van der Waals surface area contributed by atoms with Crippen molar-refractivity contribution < 1.29 is 14.3 Å². The van der Waals surface area contributed by atoms with E-state index in [4.69, 9.17) is 4.74 Å². The second-order valence-corrected chi connectivity index (χ2v) is 6.27. The molecule has 1 atom stereocenters. The molecule has 1 aliphatic heterocycles. The monoisotopic (exact) mass is 334 g/mol. The van der Waals surface area contributed by atoms with Gasteiger partial charge in [0, 0.05) is 23.7 Å². The molecule has 1 N–H and O–H groups in total. The first-order valence-corrected chi connectivity index (χ1v) is 8.42. The molecule has 4 rings (SSSR count). The van der Waals surface area contributed by atoms with E-state index < -0.39 is 0 Å². The molecule has 0 unspecified atom stereocenters. The number of ether oxygens (including phenoxy) is 1. The predicted molar refractivity (Wildman–Crippen MR) is 94.8 cm³/mol. The lowest BCUT2D eigenvalue weighted by Crippen LogP contribution is -2.39. The zero-order valence-corrected chi connectivity index (χ0v) is 13.7. The molecule has 2 aromatic carbocycles. The van der Waals surface area contributed by atoms with Gasteiger partial charge in [0.05, 0.1) is 17.1 Å². The molecule has 2 heterocycles. The van der Waals surface area contributed by atoms with Crippen molar-refractivity contribution in [1.82, 2.24) is 10.3 Å². The summed E-state index contributed by atoms with van der Waals surface area (Å²) in [5, 5.41) is 5.89. The molecule has 126 valence electrons. The Labute approximate surface area is 145 Å². The van der Waals surface area contributed by atoms with Crippen LogP contribution in [0.3, 0.4) is 0 Å². The summed E-state index contributed by atoms with van der Waals surface area (Å²) in [6, 6.07) is 16.0. The Morgan fingerprint density at radius 2 is 1.80 bits per heavy atom. The number of carbonyl (C=O) groups excluding carboxylic acids is 2. The molecule has 0 saturated carbocycles. The zero-order chi connectivity index (χ0) is 17.2. The average Bonchev–Trinajstić information content (AvgIpc) is 2.66. The first-order valence-electron chi connectivity index (χ1n) is 8.42. The molecule has 5 nitrogen and oxygen atoms in total. The minimum absolute atomic E-state index is 0.00811. The molecule has 1 saturated heterocycles. The average molecular weight is 334 g/mol. The minimum atomic E-state index is -0.279. The van der Waals surface area contributed by atoms with E-state index in [0.29, 0.717) is 19.4 Å². The van der Waals surface area contributed by atoms with Crippen LogP contribution in [-0.2, 0) is 20.9 Å². The van der Waals surface area contributed by atoms with Gasteiger partial charge in [0.1, 0.15) is 6.61 Å². The fourth-order valence-corrected chi connectivity index (χ4v) is 3.28. The number of aromatic nitrogens is 1. The normalized spacial score (nSPS) is 17.4. The number of hydrogen-bond acceptors (Lipinski definition) is 4. The van der Waals surface area contributed by atoms with Crippen LogP contribution >= 0.6 is 0 Å². The van der Waals surface area contributed by atoms with Crippen molar-refractivity contribution in [3.8, 4) is 0 Å². The Kier molecular flexibility index (Phi) is 4.06. The van der Waals surface area contributed by atoms with Gasteiger partial charge >= 0.3 is 5.97 Å². The van der Waals surface area contributed by atoms with Crippen molar-refractivity contribution in [2.24, 2.45) is 5.92 Å². The lowest BCUT2D eigenvalue weighted by molar-refractivity contribution is -0.151. The van der Waals surface area contributed by atoms with Crippen molar-refractivity contribution >= 4 is 33.6 Å². The van der Waals surface area contributed by atoms with E-state index in [1.54, 1.807) is 0 Å². The molecule has 1 aliphatic rings. The van der Waals surface area contributed by atoms with E-state index in [-0.39, 0.29) is 24.4 Å². The second kappa shape index (κ2) is 6.51. The van der Waals surface area contributed by atoms with Gasteiger partial charge in [-0.15, -0.1) is 0 Å². The highest BCUT2D eigenvalue weighted by molar-refractivity contribution is 6.06. The third kappa shape index (κ3) is 3.05. The van der Waals surface area contributed by atoms with Gasteiger partial charge in [0.25, 0.3) is 0 Å². The predicted octanol–water partition coefficient (Wildman–Crippen LogP) is 2.96. The van der Waals surface area contributed by atoms with Crippen LogP contribution in [0.5, 0.6) is 0 Å². The first-order chi connectivity index (χ1) is 12.2. The number of amides is 1. The van der Waals surface area contributed by atoms with Crippen LogP contribution in [0.25, 0.3) is 21.7 Å². The summed E-state index contributed by atoms with van der Waals surface area (Å²) in [6.07, 6.45) is 0.910.